The minimum absolute atomic E-state index is 0.0382. The first-order chi connectivity index (χ1) is 10.3. The van der Waals surface area contributed by atoms with Crippen LogP contribution in [0.3, 0.4) is 0 Å². The van der Waals surface area contributed by atoms with Gasteiger partial charge in [-0.2, -0.15) is 13.2 Å². The van der Waals surface area contributed by atoms with Crippen LogP contribution in [0.5, 0.6) is 5.88 Å². The Morgan fingerprint density at radius 1 is 1.27 bits per heavy atom. The van der Waals surface area contributed by atoms with Crippen molar-refractivity contribution in [2.75, 3.05) is 14.2 Å². The molecule has 0 saturated carbocycles. The van der Waals surface area contributed by atoms with Crippen molar-refractivity contribution in [3.8, 4) is 5.88 Å². The summed E-state index contributed by atoms with van der Waals surface area (Å²) in [5.74, 6) is -0.910. The second kappa shape index (κ2) is 5.66. The smallest absolute Gasteiger partial charge is 0.416 e. The number of benzene rings is 1. The standard InChI is InChI=1S/C13H11F3N2O4/c1-21-10(19)6-18-12(20)8-4-3-7(13(14,15)16)5-9(8)11(17-18)22-2/h3-5H,6H2,1-2H3. The number of hydrogen-bond donors (Lipinski definition) is 0. The van der Waals surface area contributed by atoms with E-state index in [0.717, 1.165) is 30.0 Å². The summed E-state index contributed by atoms with van der Waals surface area (Å²) in [6.07, 6.45) is -4.56. The molecule has 2 aromatic rings. The van der Waals surface area contributed by atoms with E-state index in [2.05, 4.69) is 9.84 Å². The van der Waals surface area contributed by atoms with Crippen LogP contribution in [0.15, 0.2) is 23.0 Å². The lowest BCUT2D eigenvalue weighted by Gasteiger charge is -2.11. The summed E-state index contributed by atoms with van der Waals surface area (Å²) < 4.78 is 48.4. The summed E-state index contributed by atoms with van der Waals surface area (Å²) in [5.41, 5.74) is -1.64. The number of hydrogen-bond acceptors (Lipinski definition) is 5. The van der Waals surface area contributed by atoms with Gasteiger partial charge in [-0.25, -0.2) is 4.68 Å². The number of alkyl halides is 3. The van der Waals surface area contributed by atoms with Gasteiger partial charge in [-0.05, 0) is 18.2 Å². The van der Waals surface area contributed by atoms with Crippen LogP contribution >= 0.6 is 0 Å². The zero-order valence-electron chi connectivity index (χ0n) is 11.6. The molecule has 0 aliphatic carbocycles. The molecule has 1 heterocycles. The Morgan fingerprint density at radius 2 is 1.95 bits per heavy atom. The lowest BCUT2D eigenvalue weighted by atomic mass is 10.1. The fourth-order valence-corrected chi connectivity index (χ4v) is 1.88. The molecule has 22 heavy (non-hydrogen) atoms. The number of ether oxygens (including phenoxy) is 2. The minimum atomic E-state index is -4.56. The second-order valence-corrected chi connectivity index (χ2v) is 4.31. The fourth-order valence-electron chi connectivity index (χ4n) is 1.88. The van der Waals surface area contributed by atoms with Crippen LogP contribution in [0.1, 0.15) is 5.56 Å². The summed E-state index contributed by atoms with van der Waals surface area (Å²) in [7, 11) is 2.34. The average Bonchev–Trinajstić information content (AvgIpc) is 2.48. The summed E-state index contributed by atoms with van der Waals surface area (Å²) in [6.45, 7) is -0.470. The maximum absolute atomic E-state index is 12.7. The maximum atomic E-state index is 12.7. The largest absolute Gasteiger partial charge is 0.480 e. The third-order valence-corrected chi connectivity index (χ3v) is 2.95. The van der Waals surface area contributed by atoms with Gasteiger partial charge in [-0.1, -0.05) is 0 Å². The van der Waals surface area contributed by atoms with E-state index in [9.17, 15) is 22.8 Å². The van der Waals surface area contributed by atoms with Gasteiger partial charge in [0.1, 0.15) is 6.54 Å². The SMILES string of the molecule is COC(=O)Cn1nc(OC)c2cc(C(F)(F)F)ccc2c1=O. The van der Waals surface area contributed by atoms with Crippen LogP contribution in [0.4, 0.5) is 13.2 Å². The van der Waals surface area contributed by atoms with E-state index in [1.807, 2.05) is 0 Å². The number of nitrogens with zero attached hydrogens (tertiary/aromatic N) is 2. The van der Waals surface area contributed by atoms with Crippen molar-refractivity contribution in [1.82, 2.24) is 9.78 Å². The predicted octanol–water partition coefficient (Wildman–Crippen LogP) is 1.60. The molecule has 0 atom stereocenters. The molecule has 118 valence electrons. The summed E-state index contributed by atoms with van der Waals surface area (Å²) in [6, 6.07) is 2.59. The molecule has 0 amide bonds. The van der Waals surface area contributed by atoms with Crippen molar-refractivity contribution in [2.24, 2.45) is 0 Å². The number of carbonyl (C=O) groups excluding carboxylic acids is 1. The van der Waals surface area contributed by atoms with E-state index in [4.69, 9.17) is 4.74 Å². The number of halogens is 3. The van der Waals surface area contributed by atoms with Crippen molar-refractivity contribution in [2.45, 2.75) is 12.7 Å². The first kappa shape index (κ1) is 15.8. The Labute approximate surface area is 122 Å². The maximum Gasteiger partial charge on any atom is 0.416 e. The number of carbonyl (C=O) groups is 1. The van der Waals surface area contributed by atoms with Gasteiger partial charge in [0.15, 0.2) is 0 Å². The molecule has 1 aromatic heterocycles. The summed E-state index contributed by atoms with van der Waals surface area (Å²) >= 11 is 0. The van der Waals surface area contributed by atoms with E-state index >= 15 is 0 Å². The van der Waals surface area contributed by atoms with Gasteiger partial charge in [-0.15, -0.1) is 5.10 Å². The van der Waals surface area contributed by atoms with E-state index in [1.165, 1.54) is 7.11 Å². The molecule has 6 nitrogen and oxygen atoms in total. The Kier molecular flexibility index (Phi) is 4.07. The highest BCUT2D eigenvalue weighted by Crippen LogP contribution is 2.32. The lowest BCUT2D eigenvalue weighted by Crippen LogP contribution is -2.28. The number of esters is 1. The molecule has 0 N–H and O–H groups in total. The van der Waals surface area contributed by atoms with Gasteiger partial charge < -0.3 is 9.47 Å². The summed E-state index contributed by atoms with van der Waals surface area (Å²) in [4.78, 5) is 23.4. The molecule has 0 fully saturated rings. The molecule has 0 saturated heterocycles. The Morgan fingerprint density at radius 3 is 2.50 bits per heavy atom. The highest BCUT2D eigenvalue weighted by molar-refractivity contribution is 5.86. The quantitative estimate of drug-likeness (QED) is 0.804. The van der Waals surface area contributed by atoms with Gasteiger partial charge in [0.2, 0.25) is 5.88 Å². The van der Waals surface area contributed by atoms with Gasteiger partial charge in [0.25, 0.3) is 5.56 Å². The van der Waals surface area contributed by atoms with Crippen LogP contribution in [-0.2, 0) is 22.3 Å². The second-order valence-electron chi connectivity index (χ2n) is 4.31. The fraction of sp³-hybridized carbons (Fsp3) is 0.308. The number of methoxy groups -OCH3 is 2. The van der Waals surface area contributed by atoms with E-state index in [-0.39, 0.29) is 16.7 Å². The third kappa shape index (κ3) is 2.87. The van der Waals surface area contributed by atoms with Gasteiger partial charge in [0.05, 0.1) is 30.6 Å². The van der Waals surface area contributed by atoms with Crippen LogP contribution in [0, 0.1) is 0 Å². The normalized spacial score (nSPS) is 11.5. The molecular formula is C13H11F3N2O4. The third-order valence-electron chi connectivity index (χ3n) is 2.95. The van der Waals surface area contributed by atoms with E-state index in [1.54, 1.807) is 0 Å². The van der Waals surface area contributed by atoms with Gasteiger partial charge in [-0.3, -0.25) is 9.59 Å². The van der Waals surface area contributed by atoms with Crippen molar-refractivity contribution >= 4 is 16.7 Å². The first-order valence-electron chi connectivity index (χ1n) is 6.00. The molecule has 1 aromatic carbocycles. The van der Waals surface area contributed by atoms with Crippen LogP contribution in [0.25, 0.3) is 10.8 Å². The van der Waals surface area contributed by atoms with Crippen LogP contribution in [0.2, 0.25) is 0 Å². The van der Waals surface area contributed by atoms with Gasteiger partial charge >= 0.3 is 12.1 Å². The average molecular weight is 316 g/mol. The Balaban J connectivity index is 2.69. The molecular weight excluding hydrogens is 305 g/mol. The Bertz CT molecular complexity index is 783. The molecule has 2 rings (SSSR count). The zero-order valence-corrected chi connectivity index (χ0v) is 11.6. The highest BCUT2D eigenvalue weighted by Gasteiger charge is 2.31. The monoisotopic (exact) mass is 316 g/mol. The lowest BCUT2D eigenvalue weighted by molar-refractivity contribution is -0.141. The van der Waals surface area contributed by atoms with Crippen molar-refractivity contribution in [3.63, 3.8) is 0 Å². The summed E-state index contributed by atoms with van der Waals surface area (Å²) in [5, 5.41) is 3.63. The molecule has 0 radical (unpaired) electrons. The zero-order chi connectivity index (χ0) is 16.5. The molecule has 0 bridgehead atoms. The molecule has 0 spiro atoms. The highest BCUT2D eigenvalue weighted by atomic mass is 19.4. The van der Waals surface area contributed by atoms with Crippen molar-refractivity contribution in [1.29, 1.82) is 0 Å². The van der Waals surface area contributed by atoms with E-state index < -0.39 is 29.8 Å². The van der Waals surface area contributed by atoms with E-state index in [0.29, 0.717) is 0 Å². The molecule has 0 aliphatic rings. The Hall–Kier alpha value is -2.58. The molecule has 9 heteroatoms. The molecule has 0 aliphatic heterocycles. The van der Waals surface area contributed by atoms with Crippen molar-refractivity contribution in [3.05, 3.63) is 34.1 Å². The minimum Gasteiger partial charge on any atom is -0.480 e. The number of aromatic nitrogens is 2. The predicted molar refractivity (Wildman–Crippen MR) is 69.6 cm³/mol. The van der Waals surface area contributed by atoms with Crippen LogP contribution < -0.4 is 10.3 Å². The van der Waals surface area contributed by atoms with Gasteiger partial charge in [0, 0.05) is 0 Å². The molecule has 0 unspecified atom stereocenters. The topological polar surface area (TPSA) is 70.4 Å². The first-order valence-corrected chi connectivity index (χ1v) is 6.00. The number of fused-ring (bicyclic) bond motifs is 1. The van der Waals surface area contributed by atoms with Crippen LogP contribution in [-0.4, -0.2) is 30.0 Å². The number of rotatable bonds is 3. The van der Waals surface area contributed by atoms with Crippen molar-refractivity contribution < 1.29 is 27.4 Å².